The highest BCUT2D eigenvalue weighted by Gasteiger charge is 2.48. The Morgan fingerprint density at radius 1 is 0.551 bits per heavy atom. The van der Waals surface area contributed by atoms with Gasteiger partial charge in [0.2, 0.25) is 0 Å². The molecule has 1 heterocycles. The quantitative estimate of drug-likeness (QED) is 0.0196. The molecule has 1 aliphatic rings. The molecular formula is C56H104O12S. The van der Waals surface area contributed by atoms with E-state index in [1.54, 1.807) is 0 Å². The van der Waals surface area contributed by atoms with Crippen molar-refractivity contribution in [2.24, 2.45) is 0 Å². The second kappa shape index (κ2) is 47.3. The van der Waals surface area contributed by atoms with E-state index in [2.05, 4.69) is 54.5 Å². The molecule has 6 unspecified atom stereocenters. The number of ether oxygens (including phenoxy) is 4. The van der Waals surface area contributed by atoms with Crippen LogP contribution >= 0.6 is 0 Å². The summed E-state index contributed by atoms with van der Waals surface area (Å²) in [7, 11) is -5.07. The fraction of sp³-hybridized carbons (Fsp3) is 0.875. The number of esters is 1. The summed E-state index contributed by atoms with van der Waals surface area (Å²) < 4.78 is 59.4. The van der Waals surface area contributed by atoms with E-state index in [4.69, 9.17) is 18.9 Å². The molecule has 6 atom stereocenters. The maximum Gasteiger partial charge on any atom is 0.397 e. The van der Waals surface area contributed by atoms with Crippen molar-refractivity contribution >= 4 is 16.4 Å². The molecule has 0 aromatic carbocycles. The molecule has 13 heteroatoms. The summed E-state index contributed by atoms with van der Waals surface area (Å²) in [4.78, 5) is 12.9. The smallest absolute Gasteiger partial charge is 0.397 e. The number of aliphatic hydroxyl groups excluding tert-OH is 3. The Kier molecular flexibility index (Phi) is 44.8. The maximum absolute atomic E-state index is 12.9. The lowest BCUT2D eigenvalue weighted by Gasteiger charge is -2.41. The van der Waals surface area contributed by atoms with Crippen LogP contribution in [0.4, 0.5) is 0 Å². The largest absolute Gasteiger partial charge is 0.457 e. The molecule has 0 amide bonds. The van der Waals surface area contributed by atoms with Gasteiger partial charge in [0, 0.05) is 13.0 Å². The minimum Gasteiger partial charge on any atom is -0.457 e. The van der Waals surface area contributed by atoms with Gasteiger partial charge in [0.15, 0.2) is 6.29 Å². The molecule has 0 saturated carbocycles. The minimum atomic E-state index is -5.07. The van der Waals surface area contributed by atoms with Crippen LogP contribution in [0.5, 0.6) is 0 Å². The van der Waals surface area contributed by atoms with Crippen molar-refractivity contribution in [3.63, 3.8) is 0 Å². The van der Waals surface area contributed by atoms with E-state index in [-0.39, 0.29) is 19.6 Å². The zero-order valence-corrected chi connectivity index (χ0v) is 44.7. The number of allylic oxidation sites excluding steroid dienone is 6. The van der Waals surface area contributed by atoms with Crippen LogP contribution in [0.15, 0.2) is 36.5 Å². The highest BCUT2D eigenvalue weighted by molar-refractivity contribution is 7.80. The SMILES string of the molecule is CCCCCCC/C=C\C/C=C\C/C=C\CCCCCCCCCCCCCOCC(COC1OC(CO)C(O)C(OS(=O)(=O)O)C1O)OC(=O)CCCCCCCCCCCCCCCCCC. The summed E-state index contributed by atoms with van der Waals surface area (Å²) in [5, 5.41) is 30.8. The standard InChI is InChI=1S/C56H104O12S/c1-3-5-7-9-11-13-15-17-19-21-22-23-24-25-26-27-28-29-30-32-34-36-38-40-42-44-46-64-48-50(49-65-56-54(60)55(68-69(61,62)63)53(59)51(47-57)67-56)66-52(58)45-43-41-39-37-35-33-31-20-18-16-14-12-10-8-6-4-2/h15,17,21-22,24-25,50-51,53-57,59-60H,3-14,16,18-20,23,26-49H2,1-2H3,(H,61,62,63)/b17-15-,22-21-,25-24-. The van der Waals surface area contributed by atoms with Gasteiger partial charge in [-0.2, -0.15) is 8.42 Å². The Morgan fingerprint density at radius 3 is 1.39 bits per heavy atom. The lowest BCUT2D eigenvalue weighted by Crippen LogP contribution is -2.60. The van der Waals surface area contributed by atoms with E-state index in [1.165, 1.54) is 173 Å². The van der Waals surface area contributed by atoms with Crippen molar-refractivity contribution in [2.45, 2.75) is 288 Å². The molecule has 12 nitrogen and oxygen atoms in total. The van der Waals surface area contributed by atoms with Crippen molar-refractivity contribution < 1.29 is 56.2 Å². The zero-order valence-electron chi connectivity index (χ0n) is 43.9. The van der Waals surface area contributed by atoms with Crippen LogP contribution < -0.4 is 0 Å². The molecule has 0 radical (unpaired) electrons. The van der Waals surface area contributed by atoms with Crippen molar-refractivity contribution in [3.8, 4) is 0 Å². The average molecular weight is 1000 g/mol. The molecule has 1 saturated heterocycles. The summed E-state index contributed by atoms with van der Waals surface area (Å²) in [6.45, 7) is 4.02. The van der Waals surface area contributed by atoms with Gasteiger partial charge in [0.1, 0.15) is 30.5 Å². The fourth-order valence-electron chi connectivity index (χ4n) is 8.74. The Hall–Kier alpha value is -1.68. The van der Waals surface area contributed by atoms with Gasteiger partial charge < -0.3 is 34.3 Å². The predicted molar refractivity (Wildman–Crippen MR) is 280 cm³/mol. The van der Waals surface area contributed by atoms with E-state index in [0.29, 0.717) is 13.0 Å². The van der Waals surface area contributed by atoms with Gasteiger partial charge in [-0.3, -0.25) is 9.35 Å². The molecule has 406 valence electrons. The molecule has 1 fully saturated rings. The van der Waals surface area contributed by atoms with Crippen molar-refractivity contribution in [3.05, 3.63) is 36.5 Å². The van der Waals surface area contributed by atoms with Crippen LogP contribution in [-0.2, 0) is 38.3 Å². The van der Waals surface area contributed by atoms with Gasteiger partial charge in [0.25, 0.3) is 0 Å². The highest BCUT2D eigenvalue weighted by Crippen LogP contribution is 2.26. The molecule has 4 N–H and O–H groups in total. The lowest BCUT2D eigenvalue weighted by atomic mass is 9.99. The predicted octanol–water partition coefficient (Wildman–Crippen LogP) is 13.7. The van der Waals surface area contributed by atoms with Crippen molar-refractivity contribution in [1.82, 2.24) is 0 Å². The summed E-state index contributed by atoms with van der Waals surface area (Å²) in [6.07, 6.45) is 48.9. The number of rotatable bonds is 50. The first-order valence-corrected chi connectivity index (χ1v) is 29.6. The van der Waals surface area contributed by atoms with Gasteiger partial charge in [0.05, 0.1) is 19.8 Å². The van der Waals surface area contributed by atoms with Gasteiger partial charge in [-0.15, -0.1) is 0 Å². The number of unbranched alkanes of at least 4 members (excludes halogenated alkanes) is 31. The summed E-state index contributed by atoms with van der Waals surface area (Å²) in [5.41, 5.74) is 0. The summed E-state index contributed by atoms with van der Waals surface area (Å²) in [6, 6.07) is 0. The topological polar surface area (TPSA) is 178 Å². The number of hydrogen-bond acceptors (Lipinski definition) is 11. The first-order chi connectivity index (χ1) is 33.6. The average Bonchev–Trinajstić information content (AvgIpc) is 3.32. The van der Waals surface area contributed by atoms with Crippen LogP contribution in [0.1, 0.15) is 251 Å². The van der Waals surface area contributed by atoms with E-state index in [1.807, 2.05) is 0 Å². The molecule has 69 heavy (non-hydrogen) atoms. The highest BCUT2D eigenvalue weighted by atomic mass is 32.3. The summed E-state index contributed by atoms with van der Waals surface area (Å²) >= 11 is 0. The number of aliphatic hydroxyl groups is 3. The van der Waals surface area contributed by atoms with Crippen molar-refractivity contribution in [1.29, 1.82) is 0 Å². The molecule has 0 aromatic rings. The third kappa shape index (κ3) is 40.5. The van der Waals surface area contributed by atoms with Crippen LogP contribution in [0, 0.1) is 0 Å². The fourth-order valence-corrected chi connectivity index (χ4v) is 9.25. The van der Waals surface area contributed by atoms with Crippen LogP contribution in [0.25, 0.3) is 0 Å². The zero-order chi connectivity index (χ0) is 50.3. The van der Waals surface area contributed by atoms with Crippen LogP contribution in [0.3, 0.4) is 0 Å². The first kappa shape index (κ1) is 65.3. The van der Waals surface area contributed by atoms with Crippen molar-refractivity contribution in [2.75, 3.05) is 26.4 Å². The molecule has 0 aromatic heterocycles. The van der Waals surface area contributed by atoms with Crippen LogP contribution in [-0.4, -0.2) is 97.5 Å². The number of hydrogen-bond donors (Lipinski definition) is 4. The molecule has 0 bridgehead atoms. The van der Waals surface area contributed by atoms with E-state index in [9.17, 15) is 33.1 Å². The van der Waals surface area contributed by atoms with E-state index >= 15 is 0 Å². The van der Waals surface area contributed by atoms with Crippen LogP contribution in [0.2, 0.25) is 0 Å². The third-order valence-electron chi connectivity index (χ3n) is 13.0. The molecule has 0 spiro atoms. The van der Waals surface area contributed by atoms with Gasteiger partial charge >= 0.3 is 16.4 Å². The monoisotopic (exact) mass is 1000 g/mol. The Balaban J connectivity index is 2.28. The molecule has 0 aliphatic carbocycles. The summed E-state index contributed by atoms with van der Waals surface area (Å²) in [5.74, 6) is -0.396. The molecular weight excluding hydrogens is 897 g/mol. The Bertz CT molecular complexity index is 1340. The van der Waals surface area contributed by atoms with Gasteiger partial charge in [-0.25, -0.2) is 4.18 Å². The van der Waals surface area contributed by atoms with E-state index < -0.39 is 59.8 Å². The second-order valence-corrected chi connectivity index (χ2v) is 20.6. The Morgan fingerprint density at radius 2 is 0.957 bits per heavy atom. The Labute approximate surface area is 422 Å². The first-order valence-electron chi connectivity index (χ1n) is 28.2. The number of carbonyl (C=O) groups excluding carboxylic acids is 1. The minimum absolute atomic E-state index is 0.0373. The lowest BCUT2D eigenvalue weighted by molar-refractivity contribution is -0.301. The molecule has 1 aliphatic heterocycles. The maximum atomic E-state index is 12.9. The second-order valence-electron chi connectivity index (χ2n) is 19.5. The van der Waals surface area contributed by atoms with Gasteiger partial charge in [-0.05, 0) is 51.4 Å². The van der Waals surface area contributed by atoms with Gasteiger partial charge in [-0.1, -0.05) is 230 Å². The normalized spacial score (nSPS) is 19.4. The number of carbonyl (C=O) groups is 1. The third-order valence-corrected chi connectivity index (χ3v) is 13.5. The molecule has 1 rings (SSSR count). The van der Waals surface area contributed by atoms with E-state index in [0.717, 1.165) is 51.4 Å².